The van der Waals surface area contributed by atoms with E-state index in [-0.39, 0.29) is 23.3 Å². The van der Waals surface area contributed by atoms with Crippen molar-refractivity contribution >= 4 is 17.5 Å². The quantitative estimate of drug-likeness (QED) is 0.846. The van der Waals surface area contributed by atoms with Crippen LogP contribution in [0.2, 0.25) is 0 Å². The van der Waals surface area contributed by atoms with Crippen molar-refractivity contribution in [2.75, 3.05) is 11.9 Å². The number of hydrogen-bond acceptors (Lipinski definition) is 2. The van der Waals surface area contributed by atoms with E-state index in [1.165, 1.54) is 30.3 Å². The normalized spacial score (nSPS) is 19.8. The van der Waals surface area contributed by atoms with Gasteiger partial charge < -0.3 is 10.6 Å². The molecule has 1 saturated heterocycles. The van der Waals surface area contributed by atoms with Crippen molar-refractivity contribution in [3.05, 3.63) is 65.7 Å². The standard InChI is InChI=1S/C18H16F2N2O2/c19-13-7-5-11(6-8-13)9-12-10-21-17(23)16(12)18(24)22-15-4-2-1-3-14(15)20/h1-8,12,16H,9-10H2,(H,21,23)(H,22,24). The molecule has 2 amide bonds. The zero-order valence-corrected chi connectivity index (χ0v) is 12.8. The molecule has 2 aromatic rings. The number of carbonyl (C=O) groups is 2. The Morgan fingerprint density at radius 2 is 1.83 bits per heavy atom. The van der Waals surface area contributed by atoms with E-state index in [9.17, 15) is 18.4 Å². The first-order valence-electron chi connectivity index (χ1n) is 7.62. The predicted molar refractivity (Wildman–Crippen MR) is 85.1 cm³/mol. The molecule has 124 valence electrons. The highest BCUT2D eigenvalue weighted by Gasteiger charge is 2.40. The molecule has 0 spiro atoms. The van der Waals surface area contributed by atoms with E-state index in [4.69, 9.17) is 0 Å². The largest absolute Gasteiger partial charge is 0.355 e. The minimum absolute atomic E-state index is 0.0442. The lowest BCUT2D eigenvalue weighted by molar-refractivity contribution is -0.131. The molecule has 1 aliphatic heterocycles. The first kappa shape index (κ1) is 16.1. The van der Waals surface area contributed by atoms with Crippen molar-refractivity contribution in [1.82, 2.24) is 5.32 Å². The summed E-state index contributed by atoms with van der Waals surface area (Å²) in [6.45, 7) is 0.353. The highest BCUT2D eigenvalue weighted by molar-refractivity contribution is 6.07. The fourth-order valence-electron chi connectivity index (χ4n) is 2.89. The highest BCUT2D eigenvalue weighted by atomic mass is 19.1. The summed E-state index contributed by atoms with van der Waals surface area (Å²) in [5, 5.41) is 5.14. The van der Waals surface area contributed by atoms with Gasteiger partial charge in [-0.1, -0.05) is 24.3 Å². The van der Waals surface area contributed by atoms with Gasteiger partial charge >= 0.3 is 0 Å². The predicted octanol–water partition coefficient (Wildman–Crippen LogP) is 2.51. The Bertz CT molecular complexity index is 762. The molecule has 1 fully saturated rings. The van der Waals surface area contributed by atoms with Crippen LogP contribution in [-0.4, -0.2) is 18.4 Å². The molecule has 24 heavy (non-hydrogen) atoms. The van der Waals surface area contributed by atoms with Gasteiger partial charge in [0, 0.05) is 12.5 Å². The molecule has 0 aromatic heterocycles. The number of amides is 2. The van der Waals surface area contributed by atoms with Crippen LogP contribution in [0.4, 0.5) is 14.5 Å². The summed E-state index contributed by atoms with van der Waals surface area (Å²) < 4.78 is 26.6. The molecule has 6 heteroatoms. The zero-order valence-electron chi connectivity index (χ0n) is 12.8. The van der Waals surface area contributed by atoms with Gasteiger partial charge in [-0.2, -0.15) is 0 Å². The van der Waals surface area contributed by atoms with E-state index in [0.29, 0.717) is 13.0 Å². The number of carbonyl (C=O) groups excluding carboxylic acids is 2. The van der Waals surface area contributed by atoms with Crippen LogP contribution in [0.3, 0.4) is 0 Å². The van der Waals surface area contributed by atoms with Crippen molar-refractivity contribution in [3.8, 4) is 0 Å². The lowest BCUT2D eigenvalue weighted by Gasteiger charge is -2.17. The molecule has 2 atom stereocenters. The Hall–Kier alpha value is -2.76. The first-order valence-corrected chi connectivity index (χ1v) is 7.62. The third-order valence-electron chi connectivity index (χ3n) is 4.12. The summed E-state index contributed by atoms with van der Waals surface area (Å²) in [5.41, 5.74) is 0.879. The summed E-state index contributed by atoms with van der Waals surface area (Å²) in [5.74, 6) is -2.99. The zero-order chi connectivity index (χ0) is 17.1. The minimum Gasteiger partial charge on any atom is -0.355 e. The number of para-hydroxylation sites is 1. The molecular weight excluding hydrogens is 314 g/mol. The average molecular weight is 330 g/mol. The summed E-state index contributed by atoms with van der Waals surface area (Å²) in [4.78, 5) is 24.5. The number of benzene rings is 2. The fourth-order valence-corrected chi connectivity index (χ4v) is 2.89. The molecule has 0 bridgehead atoms. The topological polar surface area (TPSA) is 58.2 Å². The maximum absolute atomic E-state index is 13.7. The smallest absolute Gasteiger partial charge is 0.237 e. The molecule has 1 aliphatic rings. The molecule has 2 N–H and O–H groups in total. The second-order valence-corrected chi connectivity index (χ2v) is 5.78. The second-order valence-electron chi connectivity index (χ2n) is 5.78. The molecule has 2 unspecified atom stereocenters. The van der Waals surface area contributed by atoms with Crippen molar-refractivity contribution < 1.29 is 18.4 Å². The molecule has 2 aromatic carbocycles. The Balaban J connectivity index is 1.74. The van der Waals surface area contributed by atoms with Crippen LogP contribution in [-0.2, 0) is 16.0 Å². The van der Waals surface area contributed by atoms with E-state index in [1.807, 2.05) is 0 Å². The summed E-state index contributed by atoms with van der Waals surface area (Å²) in [6.07, 6.45) is 0.453. The van der Waals surface area contributed by atoms with Crippen LogP contribution in [0.5, 0.6) is 0 Å². The molecule has 1 heterocycles. The van der Waals surface area contributed by atoms with Crippen LogP contribution in [0, 0.1) is 23.5 Å². The third-order valence-corrected chi connectivity index (χ3v) is 4.12. The van der Waals surface area contributed by atoms with Gasteiger partial charge in [-0.15, -0.1) is 0 Å². The second kappa shape index (κ2) is 6.78. The third kappa shape index (κ3) is 3.42. The van der Waals surface area contributed by atoms with Crippen molar-refractivity contribution in [2.45, 2.75) is 6.42 Å². The van der Waals surface area contributed by atoms with E-state index in [0.717, 1.165) is 5.56 Å². The van der Waals surface area contributed by atoms with Crippen LogP contribution in [0.25, 0.3) is 0 Å². The highest BCUT2D eigenvalue weighted by Crippen LogP contribution is 2.25. The van der Waals surface area contributed by atoms with Gasteiger partial charge in [0.15, 0.2) is 0 Å². The van der Waals surface area contributed by atoms with Gasteiger partial charge in [-0.05, 0) is 36.2 Å². The van der Waals surface area contributed by atoms with Crippen LogP contribution in [0.15, 0.2) is 48.5 Å². The van der Waals surface area contributed by atoms with Gasteiger partial charge in [-0.25, -0.2) is 8.78 Å². The first-order chi connectivity index (χ1) is 11.5. The number of halogens is 2. The van der Waals surface area contributed by atoms with E-state index < -0.39 is 17.6 Å². The number of anilines is 1. The van der Waals surface area contributed by atoms with Gasteiger partial charge in [0.05, 0.1) is 5.69 Å². The fraction of sp³-hybridized carbons (Fsp3) is 0.222. The van der Waals surface area contributed by atoms with Gasteiger partial charge in [0.2, 0.25) is 11.8 Å². The van der Waals surface area contributed by atoms with Gasteiger partial charge in [0.1, 0.15) is 17.6 Å². The summed E-state index contributed by atoms with van der Waals surface area (Å²) in [7, 11) is 0. The Labute approximate surface area is 137 Å². The van der Waals surface area contributed by atoms with Crippen LogP contribution in [0.1, 0.15) is 5.56 Å². The molecule has 0 saturated carbocycles. The van der Waals surface area contributed by atoms with Crippen molar-refractivity contribution in [3.63, 3.8) is 0 Å². The average Bonchev–Trinajstić information content (AvgIpc) is 2.92. The van der Waals surface area contributed by atoms with Crippen molar-refractivity contribution in [2.24, 2.45) is 11.8 Å². The summed E-state index contributed by atoms with van der Waals surface area (Å²) >= 11 is 0. The van der Waals surface area contributed by atoms with Gasteiger partial charge in [-0.3, -0.25) is 9.59 Å². The SMILES string of the molecule is O=C1NCC(Cc2ccc(F)cc2)C1C(=O)Nc1ccccc1F. The maximum Gasteiger partial charge on any atom is 0.237 e. The lowest BCUT2D eigenvalue weighted by atomic mass is 9.88. The van der Waals surface area contributed by atoms with Crippen molar-refractivity contribution in [1.29, 1.82) is 0 Å². The van der Waals surface area contributed by atoms with Crippen LogP contribution < -0.4 is 10.6 Å². The number of nitrogens with one attached hydrogen (secondary N) is 2. The van der Waals surface area contributed by atoms with E-state index >= 15 is 0 Å². The van der Waals surface area contributed by atoms with Crippen LogP contribution >= 0.6 is 0 Å². The minimum atomic E-state index is -0.908. The maximum atomic E-state index is 13.7. The van der Waals surface area contributed by atoms with Gasteiger partial charge in [0.25, 0.3) is 0 Å². The van der Waals surface area contributed by atoms with E-state index in [1.54, 1.807) is 18.2 Å². The van der Waals surface area contributed by atoms with E-state index in [2.05, 4.69) is 10.6 Å². The Morgan fingerprint density at radius 1 is 1.12 bits per heavy atom. The molecule has 0 aliphatic carbocycles. The molecular formula is C18H16F2N2O2. The molecule has 0 radical (unpaired) electrons. The summed E-state index contributed by atoms with van der Waals surface area (Å²) in [6, 6.07) is 11.7. The number of hydrogen-bond donors (Lipinski definition) is 2. The number of rotatable bonds is 4. The molecule has 3 rings (SSSR count). The Kier molecular flexibility index (Phi) is 4.55. The Morgan fingerprint density at radius 3 is 2.54 bits per heavy atom. The monoisotopic (exact) mass is 330 g/mol. The lowest BCUT2D eigenvalue weighted by Crippen LogP contribution is -2.33. The molecule has 4 nitrogen and oxygen atoms in total.